The fraction of sp³-hybridized carbons (Fsp3) is 0.176. The van der Waals surface area contributed by atoms with Gasteiger partial charge in [-0.25, -0.2) is 9.59 Å². The van der Waals surface area contributed by atoms with Crippen LogP contribution < -0.4 is 15.4 Å². The van der Waals surface area contributed by atoms with Crippen molar-refractivity contribution in [1.82, 2.24) is 5.32 Å². The van der Waals surface area contributed by atoms with Crippen LogP contribution >= 0.6 is 0 Å². The van der Waals surface area contributed by atoms with E-state index in [1.807, 2.05) is 31.2 Å². The topological polar surface area (TPSA) is 87.7 Å². The maximum absolute atomic E-state index is 11.8. The number of rotatable bonds is 6. The molecule has 0 radical (unpaired) electrons. The summed E-state index contributed by atoms with van der Waals surface area (Å²) >= 11 is 0. The molecule has 0 aliphatic rings. The fourth-order valence-corrected chi connectivity index (χ4v) is 1.99. The van der Waals surface area contributed by atoms with Gasteiger partial charge in [-0.1, -0.05) is 25.1 Å². The summed E-state index contributed by atoms with van der Waals surface area (Å²) < 4.78 is 5.54. The van der Waals surface area contributed by atoms with E-state index in [1.54, 1.807) is 0 Å². The van der Waals surface area contributed by atoms with E-state index in [-0.39, 0.29) is 12.3 Å². The zero-order valence-electron chi connectivity index (χ0n) is 12.7. The number of carboxylic acids is 1. The lowest BCUT2D eigenvalue weighted by molar-refractivity contribution is 0.0697. The van der Waals surface area contributed by atoms with Gasteiger partial charge in [0.1, 0.15) is 5.75 Å². The summed E-state index contributed by atoms with van der Waals surface area (Å²) in [5.74, 6) is -0.273. The first kappa shape index (κ1) is 16.4. The number of para-hydroxylation sites is 1. The summed E-state index contributed by atoms with van der Waals surface area (Å²) in [6.45, 7) is 2.07. The average Bonchev–Trinajstić information content (AvgIpc) is 2.55. The molecule has 0 bridgehead atoms. The molecule has 0 fully saturated rings. The van der Waals surface area contributed by atoms with Gasteiger partial charge >= 0.3 is 12.0 Å². The second kappa shape index (κ2) is 7.84. The van der Waals surface area contributed by atoms with E-state index >= 15 is 0 Å². The van der Waals surface area contributed by atoms with Crippen molar-refractivity contribution in [2.45, 2.75) is 13.3 Å². The predicted molar refractivity (Wildman–Crippen MR) is 86.9 cm³/mol. The molecule has 3 N–H and O–H groups in total. The summed E-state index contributed by atoms with van der Waals surface area (Å²) in [5, 5.41) is 14.0. The Kier molecular flexibility index (Phi) is 5.57. The van der Waals surface area contributed by atoms with E-state index in [2.05, 4.69) is 10.6 Å². The highest BCUT2D eigenvalue weighted by Gasteiger charge is 2.05. The Balaban J connectivity index is 1.82. The zero-order chi connectivity index (χ0) is 16.7. The Bertz CT molecular complexity index is 683. The molecule has 0 saturated carbocycles. The molecular formula is C17H18N2O4. The van der Waals surface area contributed by atoms with Gasteiger partial charge in [-0.05, 0) is 42.3 Å². The van der Waals surface area contributed by atoms with E-state index in [1.165, 1.54) is 24.3 Å². The molecule has 2 rings (SSSR count). The number of carboxylic acid groups (broad SMARTS) is 1. The number of anilines is 1. The molecule has 0 atom stereocenters. The first-order valence-electron chi connectivity index (χ1n) is 7.19. The number of carbonyl (C=O) groups is 2. The van der Waals surface area contributed by atoms with Gasteiger partial charge in [0.05, 0.1) is 5.56 Å². The standard InChI is InChI=1S/C17H18N2O4/c1-2-12-5-3-4-6-15(12)23-11-18-17(22)19-14-9-7-13(8-10-14)16(20)21/h3-10H,2,11H2,1H3,(H,20,21)(H2,18,19,22). The highest BCUT2D eigenvalue weighted by Crippen LogP contribution is 2.17. The van der Waals surface area contributed by atoms with Crippen molar-refractivity contribution in [3.8, 4) is 5.75 Å². The monoisotopic (exact) mass is 314 g/mol. The van der Waals surface area contributed by atoms with E-state index in [0.29, 0.717) is 5.69 Å². The molecule has 0 heterocycles. The third-order valence-corrected chi connectivity index (χ3v) is 3.20. The summed E-state index contributed by atoms with van der Waals surface area (Å²) in [6, 6.07) is 13.1. The number of ether oxygens (including phenoxy) is 1. The minimum Gasteiger partial charge on any atom is -0.478 e. The minimum atomic E-state index is -1.01. The van der Waals surface area contributed by atoms with Crippen molar-refractivity contribution in [3.05, 3.63) is 59.7 Å². The predicted octanol–water partition coefficient (Wildman–Crippen LogP) is 3.11. The van der Waals surface area contributed by atoms with Crippen LogP contribution in [0.4, 0.5) is 10.5 Å². The van der Waals surface area contributed by atoms with Gasteiger partial charge in [0, 0.05) is 5.69 Å². The third kappa shape index (κ3) is 4.74. The number of benzene rings is 2. The van der Waals surface area contributed by atoms with Crippen LogP contribution in [-0.2, 0) is 6.42 Å². The van der Waals surface area contributed by atoms with Crippen LogP contribution in [0.3, 0.4) is 0 Å². The molecular weight excluding hydrogens is 296 g/mol. The van der Waals surface area contributed by atoms with Gasteiger partial charge in [-0.15, -0.1) is 0 Å². The van der Waals surface area contributed by atoms with Crippen molar-refractivity contribution < 1.29 is 19.4 Å². The van der Waals surface area contributed by atoms with E-state index < -0.39 is 12.0 Å². The Hall–Kier alpha value is -3.02. The lowest BCUT2D eigenvalue weighted by Gasteiger charge is -2.12. The zero-order valence-corrected chi connectivity index (χ0v) is 12.7. The Morgan fingerprint density at radius 1 is 1.09 bits per heavy atom. The van der Waals surface area contributed by atoms with E-state index in [9.17, 15) is 9.59 Å². The van der Waals surface area contributed by atoms with Gasteiger partial charge < -0.3 is 20.5 Å². The molecule has 2 aromatic rings. The van der Waals surface area contributed by atoms with Crippen LogP contribution in [0.5, 0.6) is 5.75 Å². The number of aryl methyl sites for hydroxylation is 1. The Morgan fingerprint density at radius 3 is 2.43 bits per heavy atom. The molecule has 120 valence electrons. The van der Waals surface area contributed by atoms with Crippen LogP contribution in [-0.4, -0.2) is 23.8 Å². The van der Waals surface area contributed by atoms with Crippen molar-refractivity contribution in [2.75, 3.05) is 12.0 Å². The first-order chi connectivity index (χ1) is 11.1. The molecule has 0 aliphatic carbocycles. The molecule has 0 saturated heterocycles. The lowest BCUT2D eigenvalue weighted by atomic mass is 10.1. The number of urea groups is 1. The minimum absolute atomic E-state index is 0.0378. The van der Waals surface area contributed by atoms with Gasteiger partial charge in [-0.2, -0.15) is 0 Å². The normalized spacial score (nSPS) is 9.96. The highest BCUT2D eigenvalue weighted by atomic mass is 16.5. The highest BCUT2D eigenvalue weighted by molar-refractivity contribution is 5.91. The number of carbonyl (C=O) groups excluding carboxylic acids is 1. The number of hydrogen-bond donors (Lipinski definition) is 3. The van der Waals surface area contributed by atoms with Crippen molar-refractivity contribution >= 4 is 17.7 Å². The molecule has 2 amide bonds. The summed E-state index contributed by atoms with van der Waals surface area (Å²) in [5.41, 5.74) is 1.73. The van der Waals surface area contributed by atoms with Gasteiger partial charge in [0.25, 0.3) is 0 Å². The first-order valence-corrected chi connectivity index (χ1v) is 7.19. The van der Waals surface area contributed by atoms with Gasteiger partial charge in [-0.3, -0.25) is 0 Å². The second-order valence-corrected chi connectivity index (χ2v) is 4.76. The molecule has 6 nitrogen and oxygen atoms in total. The maximum Gasteiger partial charge on any atom is 0.335 e. The molecule has 23 heavy (non-hydrogen) atoms. The van der Waals surface area contributed by atoms with Gasteiger partial charge in [0.15, 0.2) is 6.73 Å². The quantitative estimate of drug-likeness (QED) is 0.715. The van der Waals surface area contributed by atoms with E-state index in [4.69, 9.17) is 9.84 Å². The number of nitrogens with one attached hydrogen (secondary N) is 2. The second-order valence-electron chi connectivity index (χ2n) is 4.76. The Morgan fingerprint density at radius 2 is 1.78 bits per heavy atom. The lowest BCUT2D eigenvalue weighted by Crippen LogP contribution is -2.32. The molecule has 0 unspecified atom stereocenters. The van der Waals surface area contributed by atoms with Gasteiger partial charge in [0.2, 0.25) is 0 Å². The summed E-state index contributed by atoms with van der Waals surface area (Å²) in [7, 11) is 0. The van der Waals surface area contributed by atoms with Crippen molar-refractivity contribution in [1.29, 1.82) is 0 Å². The fourth-order valence-electron chi connectivity index (χ4n) is 1.99. The molecule has 2 aromatic carbocycles. The van der Waals surface area contributed by atoms with Crippen molar-refractivity contribution in [2.24, 2.45) is 0 Å². The summed E-state index contributed by atoms with van der Waals surface area (Å²) in [4.78, 5) is 22.5. The smallest absolute Gasteiger partial charge is 0.335 e. The number of aromatic carboxylic acids is 1. The number of amides is 2. The average molecular weight is 314 g/mol. The SMILES string of the molecule is CCc1ccccc1OCNC(=O)Nc1ccc(C(=O)O)cc1. The van der Waals surface area contributed by atoms with Crippen molar-refractivity contribution in [3.63, 3.8) is 0 Å². The van der Waals surface area contributed by atoms with Crippen LogP contribution in [0.2, 0.25) is 0 Å². The Labute approximate surface area is 134 Å². The molecule has 6 heteroatoms. The molecule has 0 spiro atoms. The van der Waals surface area contributed by atoms with E-state index in [0.717, 1.165) is 17.7 Å². The number of hydrogen-bond acceptors (Lipinski definition) is 3. The molecule has 0 aliphatic heterocycles. The largest absolute Gasteiger partial charge is 0.478 e. The summed E-state index contributed by atoms with van der Waals surface area (Å²) in [6.07, 6.45) is 0.846. The van der Waals surface area contributed by atoms with Crippen LogP contribution in [0.1, 0.15) is 22.8 Å². The maximum atomic E-state index is 11.8. The third-order valence-electron chi connectivity index (χ3n) is 3.20. The molecule has 0 aromatic heterocycles. The van der Waals surface area contributed by atoms with Crippen LogP contribution in [0.25, 0.3) is 0 Å². The van der Waals surface area contributed by atoms with Crippen LogP contribution in [0.15, 0.2) is 48.5 Å². The van der Waals surface area contributed by atoms with Crippen LogP contribution in [0, 0.1) is 0 Å².